The number of rotatable bonds is 4. The Bertz CT molecular complexity index is 651. The van der Waals surface area contributed by atoms with E-state index >= 15 is 0 Å². The van der Waals surface area contributed by atoms with Gasteiger partial charge in [0.05, 0.1) is 16.7 Å². The Hall–Kier alpha value is -1.58. The lowest BCUT2D eigenvalue weighted by atomic mass is 9.83. The fraction of sp³-hybridized carbons (Fsp3) is 0.438. The van der Waals surface area contributed by atoms with Crippen LogP contribution in [0.25, 0.3) is 0 Å². The number of nitriles is 1. The Morgan fingerprint density at radius 3 is 2.70 bits per heavy atom. The number of carbonyl (C=O) groups is 2. The molecule has 0 saturated heterocycles. The summed E-state index contributed by atoms with van der Waals surface area (Å²) in [4.78, 5) is 24.0. The van der Waals surface area contributed by atoms with Gasteiger partial charge in [0.25, 0.3) is 5.91 Å². The second-order valence-electron chi connectivity index (χ2n) is 5.50. The fourth-order valence-electron chi connectivity index (χ4n) is 2.59. The van der Waals surface area contributed by atoms with Gasteiger partial charge in [0, 0.05) is 4.47 Å². The molecule has 5 nitrogen and oxygen atoms in total. The molecule has 0 bridgehead atoms. The van der Waals surface area contributed by atoms with Crippen molar-refractivity contribution in [2.45, 2.75) is 37.6 Å². The van der Waals surface area contributed by atoms with E-state index in [4.69, 9.17) is 16.3 Å². The van der Waals surface area contributed by atoms with Crippen molar-refractivity contribution in [2.75, 3.05) is 6.61 Å². The number of esters is 1. The standard InChI is InChI=1S/C16H16BrClN2O3/c17-11-4-5-13(18)12(8-11)15(22)23-9-14(21)20-16(10-19)6-2-1-3-7-16/h4-5,8H,1-3,6-7,9H2,(H,20,21). The lowest BCUT2D eigenvalue weighted by molar-refractivity contribution is -0.125. The van der Waals surface area contributed by atoms with E-state index in [0.29, 0.717) is 17.3 Å². The SMILES string of the molecule is N#CC1(NC(=O)COC(=O)c2cc(Br)ccc2Cl)CCCCC1. The first-order valence-electron chi connectivity index (χ1n) is 7.30. The van der Waals surface area contributed by atoms with Crippen LogP contribution in [0.15, 0.2) is 22.7 Å². The van der Waals surface area contributed by atoms with Crippen LogP contribution in [-0.4, -0.2) is 24.0 Å². The minimum Gasteiger partial charge on any atom is -0.452 e. The molecule has 1 N–H and O–H groups in total. The van der Waals surface area contributed by atoms with E-state index in [1.54, 1.807) is 12.1 Å². The number of carbonyl (C=O) groups excluding carboxylic acids is 2. The van der Waals surface area contributed by atoms with Crippen LogP contribution in [0.1, 0.15) is 42.5 Å². The van der Waals surface area contributed by atoms with Crippen LogP contribution < -0.4 is 5.32 Å². The van der Waals surface area contributed by atoms with Gasteiger partial charge in [-0.1, -0.05) is 46.8 Å². The third-order valence-corrected chi connectivity index (χ3v) is 4.61. The molecule has 1 saturated carbocycles. The molecule has 0 aromatic heterocycles. The smallest absolute Gasteiger partial charge is 0.340 e. The molecule has 122 valence electrons. The molecule has 0 spiro atoms. The summed E-state index contributed by atoms with van der Waals surface area (Å²) in [5.41, 5.74) is -0.656. The molecule has 1 fully saturated rings. The normalized spacial score (nSPS) is 16.2. The highest BCUT2D eigenvalue weighted by atomic mass is 79.9. The lowest BCUT2D eigenvalue weighted by Crippen LogP contribution is -2.50. The predicted octanol–water partition coefficient (Wildman–Crippen LogP) is 3.60. The van der Waals surface area contributed by atoms with Crippen molar-refractivity contribution in [3.63, 3.8) is 0 Å². The molecule has 0 heterocycles. The van der Waals surface area contributed by atoms with Gasteiger partial charge in [0.15, 0.2) is 6.61 Å². The van der Waals surface area contributed by atoms with E-state index in [9.17, 15) is 14.9 Å². The van der Waals surface area contributed by atoms with Crippen molar-refractivity contribution in [3.8, 4) is 6.07 Å². The van der Waals surface area contributed by atoms with Crippen molar-refractivity contribution in [1.82, 2.24) is 5.32 Å². The first-order chi connectivity index (χ1) is 11.0. The topological polar surface area (TPSA) is 79.2 Å². The summed E-state index contributed by atoms with van der Waals surface area (Å²) in [5.74, 6) is -1.16. The maximum absolute atomic E-state index is 12.0. The summed E-state index contributed by atoms with van der Waals surface area (Å²) >= 11 is 9.19. The second-order valence-corrected chi connectivity index (χ2v) is 6.83. The number of hydrogen-bond donors (Lipinski definition) is 1. The largest absolute Gasteiger partial charge is 0.452 e. The van der Waals surface area contributed by atoms with Crippen LogP contribution in [0.2, 0.25) is 5.02 Å². The average molecular weight is 400 g/mol. The molecule has 0 unspecified atom stereocenters. The van der Waals surface area contributed by atoms with E-state index in [0.717, 1.165) is 19.3 Å². The highest BCUT2D eigenvalue weighted by Gasteiger charge is 2.33. The quantitative estimate of drug-likeness (QED) is 0.785. The van der Waals surface area contributed by atoms with Gasteiger partial charge in [-0.2, -0.15) is 5.26 Å². The van der Waals surface area contributed by atoms with Gasteiger partial charge in [0.2, 0.25) is 0 Å². The molecule has 1 aromatic rings. The minimum absolute atomic E-state index is 0.182. The van der Waals surface area contributed by atoms with E-state index in [1.807, 2.05) is 0 Å². The van der Waals surface area contributed by atoms with E-state index < -0.39 is 24.0 Å². The van der Waals surface area contributed by atoms with Crippen LogP contribution in [0, 0.1) is 11.3 Å². The summed E-state index contributed by atoms with van der Waals surface area (Å²) in [6.07, 6.45) is 4.12. The zero-order valence-electron chi connectivity index (χ0n) is 12.4. The van der Waals surface area contributed by atoms with Crippen LogP contribution >= 0.6 is 27.5 Å². The first-order valence-corrected chi connectivity index (χ1v) is 8.47. The number of nitrogens with one attached hydrogen (secondary N) is 1. The first kappa shape index (κ1) is 17.8. The van der Waals surface area contributed by atoms with Crippen molar-refractivity contribution in [3.05, 3.63) is 33.3 Å². The third-order valence-electron chi connectivity index (χ3n) is 3.78. The van der Waals surface area contributed by atoms with Gasteiger partial charge in [-0.3, -0.25) is 4.79 Å². The van der Waals surface area contributed by atoms with Gasteiger partial charge in [-0.05, 0) is 31.0 Å². The highest BCUT2D eigenvalue weighted by molar-refractivity contribution is 9.10. The molecule has 2 rings (SSSR count). The van der Waals surface area contributed by atoms with E-state index in [1.165, 1.54) is 6.07 Å². The van der Waals surface area contributed by atoms with Crippen LogP contribution in [0.5, 0.6) is 0 Å². The number of halogens is 2. The average Bonchev–Trinajstić information content (AvgIpc) is 2.55. The number of benzene rings is 1. The van der Waals surface area contributed by atoms with Crippen LogP contribution in [-0.2, 0) is 9.53 Å². The summed E-state index contributed by atoms with van der Waals surface area (Å²) in [7, 11) is 0. The zero-order chi connectivity index (χ0) is 16.9. The molecule has 1 amide bonds. The molecule has 1 aromatic carbocycles. The van der Waals surface area contributed by atoms with Crippen LogP contribution in [0.3, 0.4) is 0 Å². The molecular formula is C16H16BrClN2O3. The molecular weight excluding hydrogens is 384 g/mol. The fourth-order valence-corrected chi connectivity index (χ4v) is 3.14. The Kier molecular flexibility index (Phi) is 6.03. The van der Waals surface area contributed by atoms with Crippen molar-refractivity contribution in [1.29, 1.82) is 5.26 Å². The third kappa shape index (κ3) is 4.69. The number of ether oxygens (including phenoxy) is 1. The molecule has 23 heavy (non-hydrogen) atoms. The molecule has 1 aliphatic carbocycles. The van der Waals surface area contributed by atoms with Gasteiger partial charge < -0.3 is 10.1 Å². The molecule has 0 radical (unpaired) electrons. The maximum atomic E-state index is 12.0. The summed E-state index contributed by atoms with van der Waals surface area (Å²) in [5, 5.41) is 12.3. The summed E-state index contributed by atoms with van der Waals surface area (Å²) in [6.45, 7) is -0.439. The van der Waals surface area contributed by atoms with Gasteiger partial charge in [0.1, 0.15) is 5.54 Å². The van der Waals surface area contributed by atoms with Crippen LogP contribution in [0.4, 0.5) is 0 Å². The van der Waals surface area contributed by atoms with Gasteiger partial charge in [-0.25, -0.2) is 4.79 Å². The maximum Gasteiger partial charge on any atom is 0.340 e. The van der Waals surface area contributed by atoms with Gasteiger partial charge >= 0.3 is 5.97 Å². The van der Waals surface area contributed by atoms with Crippen molar-refractivity contribution in [2.24, 2.45) is 0 Å². The number of hydrogen-bond acceptors (Lipinski definition) is 4. The Labute approximate surface area is 148 Å². The lowest BCUT2D eigenvalue weighted by Gasteiger charge is -2.31. The van der Waals surface area contributed by atoms with Crippen molar-refractivity contribution >= 4 is 39.4 Å². The van der Waals surface area contributed by atoms with E-state index in [-0.39, 0.29) is 10.6 Å². The molecule has 0 aliphatic heterocycles. The summed E-state index contributed by atoms with van der Waals surface area (Å²) in [6, 6.07) is 6.98. The molecule has 1 aliphatic rings. The molecule has 7 heteroatoms. The van der Waals surface area contributed by atoms with E-state index in [2.05, 4.69) is 27.3 Å². The molecule has 0 atom stereocenters. The summed E-state index contributed by atoms with van der Waals surface area (Å²) < 4.78 is 5.68. The number of nitrogens with zero attached hydrogens (tertiary/aromatic N) is 1. The Balaban J connectivity index is 1.92. The highest BCUT2D eigenvalue weighted by Crippen LogP contribution is 2.27. The predicted molar refractivity (Wildman–Crippen MR) is 89.0 cm³/mol. The minimum atomic E-state index is -0.838. The second kappa shape index (κ2) is 7.80. The number of amides is 1. The zero-order valence-corrected chi connectivity index (χ0v) is 14.7. The van der Waals surface area contributed by atoms with Crippen molar-refractivity contribution < 1.29 is 14.3 Å². The Morgan fingerprint density at radius 1 is 1.35 bits per heavy atom. The monoisotopic (exact) mass is 398 g/mol. The Morgan fingerprint density at radius 2 is 2.04 bits per heavy atom. The van der Waals surface area contributed by atoms with Gasteiger partial charge in [-0.15, -0.1) is 0 Å².